The molecule has 0 spiro atoms. The van der Waals surface area contributed by atoms with Gasteiger partial charge in [0, 0.05) is 24.2 Å². The predicted octanol–water partition coefficient (Wildman–Crippen LogP) is 5.79. The highest BCUT2D eigenvalue weighted by Gasteiger charge is 2.21. The number of aromatic nitrogens is 1. The Morgan fingerprint density at radius 3 is 2.39 bits per heavy atom. The largest absolute Gasteiger partial charge is 0.493 e. The van der Waals surface area contributed by atoms with Crippen LogP contribution in [0.4, 0.5) is 0 Å². The SMILES string of the molecule is COc1ccc(C(Cc2ccccn2)c2ccccc2)cc1OC1CCCC1. The maximum absolute atomic E-state index is 6.33. The second kappa shape index (κ2) is 8.92. The van der Waals surface area contributed by atoms with Crippen molar-refractivity contribution in [2.24, 2.45) is 0 Å². The van der Waals surface area contributed by atoms with Crippen LogP contribution in [0.25, 0.3) is 0 Å². The van der Waals surface area contributed by atoms with E-state index < -0.39 is 0 Å². The molecule has 1 saturated carbocycles. The topological polar surface area (TPSA) is 31.4 Å². The first-order chi connectivity index (χ1) is 13.8. The van der Waals surface area contributed by atoms with E-state index in [1.54, 1.807) is 7.11 Å². The van der Waals surface area contributed by atoms with E-state index in [0.717, 1.165) is 36.5 Å². The molecule has 144 valence electrons. The summed E-state index contributed by atoms with van der Waals surface area (Å²) in [6.07, 6.45) is 7.76. The molecule has 0 N–H and O–H groups in total. The van der Waals surface area contributed by atoms with Gasteiger partial charge in [-0.2, -0.15) is 0 Å². The predicted molar refractivity (Wildman–Crippen MR) is 112 cm³/mol. The lowest BCUT2D eigenvalue weighted by molar-refractivity contribution is 0.200. The minimum absolute atomic E-state index is 0.216. The van der Waals surface area contributed by atoms with Crippen LogP contribution in [-0.2, 0) is 6.42 Å². The molecule has 0 radical (unpaired) electrons. The van der Waals surface area contributed by atoms with Crippen LogP contribution in [0.3, 0.4) is 0 Å². The van der Waals surface area contributed by atoms with Gasteiger partial charge in [-0.05, 0) is 61.1 Å². The van der Waals surface area contributed by atoms with Crippen molar-refractivity contribution < 1.29 is 9.47 Å². The van der Waals surface area contributed by atoms with Crippen LogP contribution < -0.4 is 9.47 Å². The van der Waals surface area contributed by atoms with Gasteiger partial charge in [-0.25, -0.2) is 0 Å². The van der Waals surface area contributed by atoms with Crippen LogP contribution >= 0.6 is 0 Å². The summed E-state index contributed by atoms with van der Waals surface area (Å²) in [5.41, 5.74) is 3.60. The number of ether oxygens (including phenoxy) is 2. The molecule has 0 saturated heterocycles. The van der Waals surface area contributed by atoms with Crippen molar-refractivity contribution in [3.63, 3.8) is 0 Å². The van der Waals surface area contributed by atoms with Crippen LogP contribution in [0.1, 0.15) is 48.4 Å². The zero-order chi connectivity index (χ0) is 19.2. The molecule has 3 nitrogen and oxygen atoms in total. The van der Waals surface area contributed by atoms with Gasteiger partial charge in [-0.1, -0.05) is 42.5 Å². The summed E-state index contributed by atoms with van der Waals surface area (Å²) in [7, 11) is 1.71. The fraction of sp³-hybridized carbons (Fsp3) is 0.320. The third-order valence-corrected chi connectivity index (χ3v) is 5.53. The average Bonchev–Trinajstić information content (AvgIpc) is 3.26. The normalized spacial score (nSPS) is 15.3. The van der Waals surface area contributed by atoms with Gasteiger partial charge in [0.2, 0.25) is 0 Å². The van der Waals surface area contributed by atoms with Crippen molar-refractivity contribution in [3.8, 4) is 11.5 Å². The Hall–Kier alpha value is -2.81. The van der Waals surface area contributed by atoms with Crippen LogP contribution in [0.5, 0.6) is 11.5 Å². The first-order valence-electron chi connectivity index (χ1n) is 10.1. The highest BCUT2D eigenvalue weighted by Crippen LogP contribution is 2.37. The molecule has 1 fully saturated rings. The highest BCUT2D eigenvalue weighted by atomic mass is 16.5. The monoisotopic (exact) mass is 373 g/mol. The van der Waals surface area contributed by atoms with E-state index in [1.165, 1.54) is 24.0 Å². The summed E-state index contributed by atoms with van der Waals surface area (Å²) in [4.78, 5) is 4.55. The number of hydrogen-bond donors (Lipinski definition) is 0. The molecule has 1 aromatic heterocycles. The zero-order valence-electron chi connectivity index (χ0n) is 16.4. The molecule has 1 aliphatic carbocycles. The molecule has 2 aromatic carbocycles. The van der Waals surface area contributed by atoms with Gasteiger partial charge in [0.15, 0.2) is 11.5 Å². The van der Waals surface area contributed by atoms with E-state index in [2.05, 4.69) is 53.5 Å². The number of nitrogens with zero attached hydrogens (tertiary/aromatic N) is 1. The van der Waals surface area contributed by atoms with Gasteiger partial charge in [0.1, 0.15) is 0 Å². The lowest BCUT2D eigenvalue weighted by atomic mass is 9.87. The molecule has 1 heterocycles. The lowest BCUT2D eigenvalue weighted by Crippen LogP contribution is -2.12. The third kappa shape index (κ3) is 4.36. The first kappa shape index (κ1) is 18.5. The third-order valence-electron chi connectivity index (χ3n) is 5.53. The summed E-state index contributed by atoms with van der Waals surface area (Å²) in [6, 6.07) is 23.1. The van der Waals surface area contributed by atoms with Gasteiger partial charge < -0.3 is 9.47 Å². The van der Waals surface area contributed by atoms with Crippen molar-refractivity contribution >= 4 is 0 Å². The fourth-order valence-corrected chi connectivity index (χ4v) is 4.03. The van der Waals surface area contributed by atoms with Crippen molar-refractivity contribution in [3.05, 3.63) is 89.7 Å². The molecule has 1 aliphatic rings. The Bertz CT molecular complexity index is 874. The van der Waals surface area contributed by atoms with E-state index in [-0.39, 0.29) is 5.92 Å². The minimum atomic E-state index is 0.216. The van der Waals surface area contributed by atoms with Gasteiger partial charge in [0.25, 0.3) is 0 Å². The Morgan fingerprint density at radius 2 is 1.68 bits per heavy atom. The first-order valence-corrected chi connectivity index (χ1v) is 10.1. The molecule has 3 aromatic rings. The lowest BCUT2D eigenvalue weighted by Gasteiger charge is -2.21. The number of pyridine rings is 1. The Morgan fingerprint density at radius 1 is 0.893 bits per heavy atom. The molecule has 1 atom stereocenters. The van der Waals surface area contributed by atoms with Crippen molar-refractivity contribution in [1.29, 1.82) is 0 Å². The summed E-state index contributed by atoms with van der Waals surface area (Å²) in [5, 5.41) is 0. The second-order valence-electron chi connectivity index (χ2n) is 7.42. The van der Waals surface area contributed by atoms with Crippen LogP contribution in [0.15, 0.2) is 72.9 Å². The summed E-state index contributed by atoms with van der Waals surface area (Å²) >= 11 is 0. The molecular weight excluding hydrogens is 346 g/mol. The standard InChI is InChI=1S/C25H27NO2/c1-27-24-15-14-20(17-25(24)28-22-12-5-6-13-22)23(19-9-3-2-4-10-19)18-21-11-7-8-16-26-21/h2-4,7-11,14-17,22-23H,5-6,12-13,18H2,1H3. The smallest absolute Gasteiger partial charge is 0.161 e. The van der Waals surface area contributed by atoms with Crippen LogP contribution in [-0.4, -0.2) is 18.2 Å². The van der Waals surface area contributed by atoms with Crippen LogP contribution in [0.2, 0.25) is 0 Å². The summed E-state index contributed by atoms with van der Waals surface area (Å²) in [6.45, 7) is 0. The number of rotatable bonds is 7. The van der Waals surface area contributed by atoms with Crippen molar-refractivity contribution in [2.45, 2.75) is 44.1 Å². The molecule has 4 rings (SSSR count). The fourth-order valence-electron chi connectivity index (χ4n) is 4.03. The van der Waals surface area contributed by atoms with Crippen molar-refractivity contribution in [2.75, 3.05) is 7.11 Å². The maximum atomic E-state index is 6.33. The molecule has 28 heavy (non-hydrogen) atoms. The molecule has 0 bridgehead atoms. The Labute approximate surface area is 167 Å². The van der Waals surface area contributed by atoms with E-state index in [1.807, 2.05) is 24.4 Å². The molecule has 1 unspecified atom stereocenters. The molecule has 0 amide bonds. The van der Waals surface area contributed by atoms with E-state index in [0.29, 0.717) is 6.10 Å². The van der Waals surface area contributed by atoms with Crippen LogP contribution in [0, 0.1) is 0 Å². The van der Waals surface area contributed by atoms with Gasteiger partial charge in [0.05, 0.1) is 13.2 Å². The van der Waals surface area contributed by atoms with E-state index >= 15 is 0 Å². The van der Waals surface area contributed by atoms with Gasteiger partial charge >= 0.3 is 0 Å². The molecular formula is C25H27NO2. The number of methoxy groups -OCH3 is 1. The van der Waals surface area contributed by atoms with E-state index in [4.69, 9.17) is 9.47 Å². The average molecular weight is 373 g/mol. The van der Waals surface area contributed by atoms with Gasteiger partial charge in [-0.15, -0.1) is 0 Å². The second-order valence-corrected chi connectivity index (χ2v) is 7.42. The van der Waals surface area contributed by atoms with Gasteiger partial charge in [-0.3, -0.25) is 4.98 Å². The maximum Gasteiger partial charge on any atom is 0.161 e. The molecule has 3 heteroatoms. The highest BCUT2D eigenvalue weighted by molar-refractivity contribution is 5.46. The Balaban J connectivity index is 1.68. The van der Waals surface area contributed by atoms with E-state index in [9.17, 15) is 0 Å². The number of hydrogen-bond acceptors (Lipinski definition) is 3. The minimum Gasteiger partial charge on any atom is -0.493 e. The summed E-state index contributed by atoms with van der Waals surface area (Å²) < 4.78 is 11.9. The quantitative estimate of drug-likeness (QED) is 0.525. The zero-order valence-corrected chi connectivity index (χ0v) is 16.4. The summed E-state index contributed by atoms with van der Waals surface area (Å²) in [5.74, 6) is 1.88. The molecule has 0 aliphatic heterocycles. The number of benzene rings is 2. The Kier molecular flexibility index (Phi) is 5.91. The van der Waals surface area contributed by atoms with Crippen molar-refractivity contribution in [1.82, 2.24) is 4.98 Å².